The number of anilines is 1. The summed E-state index contributed by atoms with van der Waals surface area (Å²) in [6, 6.07) is 14.9. The van der Waals surface area contributed by atoms with Gasteiger partial charge in [0.1, 0.15) is 0 Å². The first-order valence-corrected chi connectivity index (χ1v) is 9.86. The molecule has 2 aromatic rings. The Bertz CT molecular complexity index is 947. The highest BCUT2D eigenvalue weighted by molar-refractivity contribution is 7.92. The Morgan fingerprint density at radius 1 is 1.15 bits per heavy atom. The Balaban J connectivity index is 1.66. The third-order valence-electron chi connectivity index (χ3n) is 4.32. The van der Waals surface area contributed by atoms with Gasteiger partial charge in [0.25, 0.3) is 10.0 Å². The summed E-state index contributed by atoms with van der Waals surface area (Å²) in [6.07, 6.45) is 2.23. The standard InChI is InChI=1S/C19H19N3O3S/c20-14-16-3-1-4-17(13-16)21-26(24,25)18-8-6-15(7-9-18)10-12-22-11-2-5-19(22)23/h1,3-4,6-9,13,21H,2,5,10-12H2. The molecule has 6 nitrogen and oxygen atoms in total. The first kappa shape index (κ1) is 18.0. The highest BCUT2D eigenvalue weighted by atomic mass is 32.2. The molecular weight excluding hydrogens is 350 g/mol. The van der Waals surface area contributed by atoms with E-state index in [2.05, 4.69) is 4.72 Å². The Hall–Kier alpha value is -2.85. The molecular formula is C19H19N3O3S. The Morgan fingerprint density at radius 2 is 1.92 bits per heavy atom. The van der Waals surface area contributed by atoms with Gasteiger partial charge in [0, 0.05) is 19.5 Å². The summed E-state index contributed by atoms with van der Waals surface area (Å²) in [4.78, 5) is 13.6. The molecule has 0 bridgehead atoms. The van der Waals surface area contributed by atoms with Gasteiger partial charge in [-0.05, 0) is 48.7 Å². The lowest BCUT2D eigenvalue weighted by molar-refractivity contribution is -0.127. The fourth-order valence-corrected chi connectivity index (χ4v) is 3.96. The molecule has 0 saturated carbocycles. The molecule has 1 amide bonds. The molecule has 2 aromatic carbocycles. The Morgan fingerprint density at radius 3 is 2.58 bits per heavy atom. The van der Waals surface area contributed by atoms with Gasteiger partial charge in [-0.15, -0.1) is 0 Å². The number of rotatable bonds is 6. The van der Waals surface area contributed by atoms with E-state index in [4.69, 9.17) is 5.26 Å². The maximum Gasteiger partial charge on any atom is 0.261 e. The number of nitriles is 1. The van der Waals surface area contributed by atoms with E-state index in [-0.39, 0.29) is 10.8 Å². The van der Waals surface area contributed by atoms with E-state index in [1.807, 2.05) is 11.0 Å². The van der Waals surface area contributed by atoms with Crippen LogP contribution >= 0.6 is 0 Å². The molecule has 7 heteroatoms. The molecule has 0 unspecified atom stereocenters. The summed E-state index contributed by atoms with van der Waals surface area (Å²) in [5.41, 5.74) is 1.72. The number of amides is 1. The lowest BCUT2D eigenvalue weighted by atomic mass is 10.1. The van der Waals surface area contributed by atoms with Crippen LogP contribution in [-0.2, 0) is 21.2 Å². The monoisotopic (exact) mass is 369 g/mol. The van der Waals surface area contributed by atoms with Crippen LogP contribution in [0.3, 0.4) is 0 Å². The number of sulfonamides is 1. The van der Waals surface area contributed by atoms with E-state index in [0.29, 0.717) is 30.6 Å². The second-order valence-electron chi connectivity index (χ2n) is 6.18. The number of hydrogen-bond acceptors (Lipinski definition) is 4. The predicted molar refractivity (Wildman–Crippen MR) is 97.9 cm³/mol. The minimum absolute atomic E-state index is 0.154. The van der Waals surface area contributed by atoms with Crippen molar-refractivity contribution < 1.29 is 13.2 Å². The lowest BCUT2D eigenvalue weighted by Crippen LogP contribution is -2.26. The minimum atomic E-state index is -3.72. The smallest absolute Gasteiger partial charge is 0.261 e. The van der Waals surface area contributed by atoms with Crippen molar-refractivity contribution in [1.82, 2.24) is 4.90 Å². The highest BCUT2D eigenvalue weighted by Crippen LogP contribution is 2.18. The maximum absolute atomic E-state index is 12.5. The number of likely N-dealkylation sites (tertiary alicyclic amines) is 1. The summed E-state index contributed by atoms with van der Waals surface area (Å²) in [6.45, 7) is 1.46. The van der Waals surface area contributed by atoms with Crippen molar-refractivity contribution in [2.45, 2.75) is 24.2 Å². The molecule has 0 radical (unpaired) electrons. The molecule has 1 N–H and O–H groups in total. The van der Waals surface area contributed by atoms with E-state index in [9.17, 15) is 13.2 Å². The normalized spacial score (nSPS) is 14.3. The van der Waals surface area contributed by atoms with Gasteiger partial charge in [0.2, 0.25) is 5.91 Å². The molecule has 1 saturated heterocycles. The van der Waals surface area contributed by atoms with Crippen LogP contribution in [0.5, 0.6) is 0 Å². The third kappa shape index (κ3) is 4.21. The van der Waals surface area contributed by atoms with E-state index >= 15 is 0 Å². The number of hydrogen-bond donors (Lipinski definition) is 1. The SMILES string of the molecule is N#Cc1cccc(NS(=O)(=O)c2ccc(CCN3CCCC3=O)cc2)c1. The molecule has 1 aliphatic heterocycles. The molecule has 3 rings (SSSR count). The van der Waals surface area contributed by atoms with Crippen molar-refractivity contribution in [3.8, 4) is 6.07 Å². The van der Waals surface area contributed by atoms with Crippen LogP contribution in [-0.4, -0.2) is 32.3 Å². The van der Waals surface area contributed by atoms with Crippen molar-refractivity contribution in [3.05, 3.63) is 59.7 Å². The van der Waals surface area contributed by atoms with E-state index in [1.54, 1.807) is 42.5 Å². The number of carbonyl (C=O) groups is 1. The van der Waals surface area contributed by atoms with Gasteiger partial charge in [-0.3, -0.25) is 9.52 Å². The third-order valence-corrected chi connectivity index (χ3v) is 5.72. The zero-order valence-electron chi connectivity index (χ0n) is 14.2. The van der Waals surface area contributed by atoms with Gasteiger partial charge in [0.05, 0.1) is 22.2 Å². The van der Waals surface area contributed by atoms with Crippen molar-refractivity contribution in [2.24, 2.45) is 0 Å². The van der Waals surface area contributed by atoms with Gasteiger partial charge in [-0.2, -0.15) is 5.26 Å². The second kappa shape index (κ2) is 7.58. The van der Waals surface area contributed by atoms with Gasteiger partial charge in [-0.1, -0.05) is 18.2 Å². The molecule has 0 aliphatic carbocycles. The molecule has 1 aliphatic rings. The second-order valence-corrected chi connectivity index (χ2v) is 7.86. The van der Waals surface area contributed by atoms with Crippen LogP contribution in [0.4, 0.5) is 5.69 Å². The first-order chi connectivity index (χ1) is 12.5. The van der Waals surface area contributed by atoms with Crippen LogP contribution in [0, 0.1) is 11.3 Å². The van der Waals surface area contributed by atoms with Crippen LogP contribution in [0.25, 0.3) is 0 Å². The average molecular weight is 369 g/mol. The van der Waals surface area contributed by atoms with Gasteiger partial charge >= 0.3 is 0 Å². The van der Waals surface area contributed by atoms with Crippen molar-refractivity contribution in [2.75, 3.05) is 17.8 Å². The summed E-state index contributed by atoms with van der Waals surface area (Å²) in [5, 5.41) is 8.90. The maximum atomic E-state index is 12.5. The summed E-state index contributed by atoms with van der Waals surface area (Å²) in [5.74, 6) is 0.188. The fourth-order valence-electron chi connectivity index (χ4n) is 2.91. The van der Waals surface area contributed by atoms with Crippen molar-refractivity contribution >= 4 is 21.6 Å². The quantitative estimate of drug-likeness (QED) is 0.847. The fraction of sp³-hybridized carbons (Fsp3) is 0.263. The first-order valence-electron chi connectivity index (χ1n) is 8.38. The molecule has 1 fully saturated rings. The predicted octanol–water partition coefficient (Wildman–Crippen LogP) is 2.52. The molecule has 0 spiro atoms. The zero-order chi connectivity index (χ0) is 18.6. The minimum Gasteiger partial charge on any atom is -0.342 e. The van der Waals surface area contributed by atoms with Crippen LogP contribution in [0.2, 0.25) is 0 Å². The number of nitrogens with zero attached hydrogens (tertiary/aromatic N) is 2. The Labute approximate surface area is 153 Å². The zero-order valence-corrected chi connectivity index (χ0v) is 15.0. The molecule has 0 aromatic heterocycles. The summed E-state index contributed by atoms with van der Waals surface area (Å²) < 4.78 is 27.4. The van der Waals surface area contributed by atoms with Crippen LogP contribution in [0.1, 0.15) is 24.0 Å². The van der Waals surface area contributed by atoms with Crippen LogP contribution in [0.15, 0.2) is 53.4 Å². The number of nitrogens with one attached hydrogen (secondary N) is 1. The summed E-state index contributed by atoms with van der Waals surface area (Å²) in [7, 11) is -3.72. The Kier molecular flexibility index (Phi) is 5.24. The largest absolute Gasteiger partial charge is 0.342 e. The van der Waals surface area contributed by atoms with Crippen molar-refractivity contribution in [3.63, 3.8) is 0 Å². The topological polar surface area (TPSA) is 90.3 Å². The van der Waals surface area contributed by atoms with E-state index in [0.717, 1.165) is 18.5 Å². The van der Waals surface area contributed by atoms with Crippen LogP contribution < -0.4 is 4.72 Å². The molecule has 1 heterocycles. The van der Waals surface area contributed by atoms with E-state index < -0.39 is 10.0 Å². The van der Waals surface area contributed by atoms with Gasteiger partial charge in [0.15, 0.2) is 0 Å². The lowest BCUT2D eigenvalue weighted by Gasteiger charge is -2.15. The molecule has 0 atom stereocenters. The molecule has 134 valence electrons. The van der Waals surface area contributed by atoms with Gasteiger partial charge in [-0.25, -0.2) is 8.42 Å². The average Bonchev–Trinajstić information content (AvgIpc) is 3.05. The van der Waals surface area contributed by atoms with E-state index in [1.165, 1.54) is 6.07 Å². The van der Waals surface area contributed by atoms with Gasteiger partial charge < -0.3 is 4.90 Å². The molecule has 26 heavy (non-hydrogen) atoms. The van der Waals surface area contributed by atoms with Crippen molar-refractivity contribution in [1.29, 1.82) is 5.26 Å². The highest BCUT2D eigenvalue weighted by Gasteiger charge is 2.19. The number of benzene rings is 2. The number of carbonyl (C=O) groups excluding carboxylic acids is 1. The summed E-state index contributed by atoms with van der Waals surface area (Å²) >= 11 is 0.